The first-order valence-corrected chi connectivity index (χ1v) is 5.33. The summed E-state index contributed by atoms with van der Waals surface area (Å²) in [5.74, 6) is -1.54. The number of benzene rings is 1. The van der Waals surface area contributed by atoms with E-state index in [9.17, 15) is 8.78 Å². The molecule has 0 bridgehead atoms. The number of hydrogen-bond donors (Lipinski definition) is 1. The van der Waals surface area contributed by atoms with E-state index in [2.05, 4.69) is 0 Å². The van der Waals surface area contributed by atoms with Crippen molar-refractivity contribution in [1.29, 1.82) is 0 Å². The summed E-state index contributed by atoms with van der Waals surface area (Å²) in [5.41, 5.74) is 5.39. The molecule has 2 N–H and O–H groups in total. The number of halogens is 2. The Balaban J connectivity index is 2.70. The van der Waals surface area contributed by atoms with Crippen molar-refractivity contribution in [1.82, 2.24) is 0 Å². The van der Waals surface area contributed by atoms with Gasteiger partial charge in [-0.1, -0.05) is 19.1 Å². The van der Waals surface area contributed by atoms with Crippen LogP contribution in [0.3, 0.4) is 0 Å². The van der Waals surface area contributed by atoms with E-state index in [1.807, 2.05) is 6.92 Å². The molecule has 0 radical (unpaired) electrons. The van der Waals surface area contributed by atoms with Crippen molar-refractivity contribution in [3.63, 3.8) is 0 Å². The average Bonchev–Trinajstić information content (AvgIpc) is 2.22. The molecule has 0 amide bonds. The van der Waals surface area contributed by atoms with Gasteiger partial charge < -0.3 is 10.5 Å². The van der Waals surface area contributed by atoms with E-state index in [4.69, 9.17) is 22.7 Å². The summed E-state index contributed by atoms with van der Waals surface area (Å²) in [7, 11) is 0. The Morgan fingerprint density at radius 3 is 2.62 bits per heavy atom. The quantitative estimate of drug-likeness (QED) is 0.810. The summed E-state index contributed by atoms with van der Waals surface area (Å²) in [6.07, 6.45) is 0.906. The van der Waals surface area contributed by atoms with Crippen molar-refractivity contribution < 1.29 is 13.5 Å². The third kappa shape index (κ3) is 3.73. The number of hydrogen-bond acceptors (Lipinski definition) is 2. The van der Waals surface area contributed by atoms with Crippen LogP contribution in [0, 0.1) is 11.6 Å². The van der Waals surface area contributed by atoms with Crippen LogP contribution in [0.25, 0.3) is 0 Å². The van der Waals surface area contributed by atoms with Gasteiger partial charge in [0.2, 0.25) is 0 Å². The lowest BCUT2D eigenvalue weighted by Crippen LogP contribution is -2.23. The SMILES string of the molecule is CCC(CC(N)=S)Oc1ccc(F)c(F)c1. The molecule has 0 aliphatic heterocycles. The lowest BCUT2D eigenvalue weighted by molar-refractivity contribution is 0.204. The van der Waals surface area contributed by atoms with E-state index in [-0.39, 0.29) is 11.9 Å². The molecule has 1 rings (SSSR count). The van der Waals surface area contributed by atoms with Crippen molar-refractivity contribution in [3.05, 3.63) is 29.8 Å². The number of nitrogens with two attached hydrogens (primary N) is 1. The maximum absolute atomic E-state index is 12.9. The summed E-state index contributed by atoms with van der Waals surface area (Å²) in [6, 6.07) is 3.41. The summed E-state index contributed by atoms with van der Waals surface area (Å²) in [5, 5.41) is 0. The van der Waals surface area contributed by atoms with Crippen molar-refractivity contribution in [2.24, 2.45) is 5.73 Å². The van der Waals surface area contributed by atoms with E-state index < -0.39 is 11.6 Å². The standard InChI is InChI=1S/C11H13F2NOS/c1-2-7(6-11(14)16)15-8-3-4-9(12)10(13)5-8/h3-5,7H,2,6H2,1H3,(H2,14,16). The van der Waals surface area contributed by atoms with Gasteiger partial charge in [0.25, 0.3) is 0 Å². The molecule has 0 heterocycles. The fourth-order valence-corrected chi connectivity index (χ4v) is 1.42. The molecule has 0 fully saturated rings. The van der Waals surface area contributed by atoms with Gasteiger partial charge in [0.05, 0.1) is 4.99 Å². The maximum atomic E-state index is 12.9. The van der Waals surface area contributed by atoms with E-state index in [1.54, 1.807) is 0 Å². The van der Waals surface area contributed by atoms with E-state index in [0.717, 1.165) is 12.1 Å². The molecule has 0 aromatic heterocycles. The number of thiocarbonyl (C=S) groups is 1. The zero-order valence-corrected chi connectivity index (χ0v) is 9.69. The minimum atomic E-state index is -0.928. The van der Waals surface area contributed by atoms with Crippen molar-refractivity contribution in [2.75, 3.05) is 0 Å². The van der Waals surface area contributed by atoms with Crippen LogP contribution in [-0.2, 0) is 0 Å². The molecule has 5 heteroatoms. The van der Waals surface area contributed by atoms with Gasteiger partial charge in [0.1, 0.15) is 11.9 Å². The second-order valence-corrected chi connectivity index (χ2v) is 3.92. The van der Waals surface area contributed by atoms with Gasteiger partial charge in [-0.3, -0.25) is 0 Å². The predicted octanol–water partition coefficient (Wildman–Crippen LogP) is 2.80. The van der Waals surface area contributed by atoms with E-state index >= 15 is 0 Å². The van der Waals surface area contributed by atoms with E-state index in [1.165, 1.54) is 6.07 Å². The number of ether oxygens (including phenoxy) is 1. The monoisotopic (exact) mass is 245 g/mol. The Hall–Kier alpha value is -1.23. The molecule has 0 spiro atoms. The third-order valence-corrected chi connectivity index (χ3v) is 2.24. The van der Waals surface area contributed by atoms with Gasteiger partial charge in [-0.2, -0.15) is 0 Å². The lowest BCUT2D eigenvalue weighted by atomic mass is 10.2. The van der Waals surface area contributed by atoms with Crippen LogP contribution < -0.4 is 10.5 Å². The molecular weight excluding hydrogens is 232 g/mol. The Kier molecular flexibility index (Phi) is 4.61. The van der Waals surface area contributed by atoms with Crippen molar-refractivity contribution >= 4 is 17.2 Å². The molecule has 0 aliphatic rings. The van der Waals surface area contributed by atoms with Crippen LogP contribution >= 0.6 is 12.2 Å². The smallest absolute Gasteiger partial charge is 0.162 e. The Labute approximate surface area is 98.4 Å². The second kappa shape index (κ2) is 5.75. The Bertz CT molecular complexity index is 384. The fraction of sp³-hybridized carbons (Fsp3) is 0.364. The minimum absolute atomic E-state index is 0.206. The molecule has 16 heavy (non-hydrogen) atoms. The maximum Gasteiger partial charge on any atom is 0.162 e. The Morgan fingerprint density at radius 1 is 1.44 bits per heavy atom. The molecule has 0 saturated heterocycles. The highest BCUT2D eigenvalue weighted by atomic mass is 32.1. The van der Waals surface area contributed by atoms with Gasteiger partial charge in [0.15, 0.2) is 11.6 Å². The highest BCUT2D eigenvalue weighted by molar-refractivity contribution is 7.80. The molecule has 2 nitrogen and oxygen atoms in total. The minimum Gasteiger partial charge on any atom is -0.490 e. The molecular formula is C11H13F2NOS. The molecule has 1 aromatic rings. The fourth-order valence-electron chi connectivity index (χ4n) is 1.24. The van der Waals surface area contributed by atoms with Crippen LogP contribution in [0.15, 0.2) is 18.2 Å². The molecule has 1 aromatic carbocycles. The lowest BCUT2D eigenvalue weighted by Gasteiger charge is -2.16. The van der Waals surface area contributed by atoms with Gasteiger partial charge >= 0.3 is 0 Å². The van der Waals surface area contributed by atoms with E-state index in [0.29, 0.717) is 17.8 Å². The third-order valence-electron chi connectivity index (χ3n) is 2.08. The van der Waals surface area contributed by atoms with Gasteiger partial charge in [-0.25, -0.2) is 8.78 Å². The first kappa shape index (κ1) is 12.8. The summed E-state index contributed by atoms with van der Waals surface area (Å²) in [4.78, 5) is 0.342. The second-order valence-electron chi connectivity index (χ2n) is 3.39. The molecule has 88 valence electrons. The van der Waals surface area contributed by atoms with Crippen LogP contribution in [0.2, 0.25) is 0 Å². The molecule has 0 saturated carbocycles. The zero-order chi connectivity index (χ0) is 12.1. The van der Waals surface area contributed by atoms with Gasteiger partial charge in [-0.15, -0.1) is 0 Å². The van der Waals surface area contributed by atoms with Crippen molar-refractivity contribution in [2.45, 2.75) is 25.9 Å². The highest BCUT2D eigenvalue weighted by Gasteiger charge is 2.11. The number of rotatable bonds is 5. The first-order valence-electron chi connectivity index (χ1n) is 4.93. The zero-order valence-electron chi connectivity index (χ0n) is 8.87. The predicted molar refractivity (Wildman–Crippen MR) is 62.5 cm³/mol. The summed E-state index contributed by atoms with van der Waals surface area (Å²) < 4.78 is 31.0. The molecule has 1 unspecified atom stereocenters. The van der Waals surface area contributed by atoms with Crippen LogP contribution in [-0.4, -0.2) is 11.1 Å². The molecule has 1 atom stereocenters. The molecule has 0 aliphatic carbocycles. The van der Waals surface area contributed by atoms with Crippen molar-refractivity contribution in [3.8, 4) is 5.75 Å². The van der Waals surface area contributed by atoms with Crippen LogP contribution in [0.4, 0.5) is 8.78 Å². The Morgan fingerprint density at radius 2 is 2.12 bits per heavy atom. The average molecular weight is 245 g/mol. The first-order chi connectivity index (χ1) is 7.52. The van der Waals surface area contributed by atoms with Crippen LogP contribution in [0.5, 0.6) is 5.75 Å². The van der Waals surface area contributed by atoms with Gasteiger partial charge in [-0.05, 0) is 18.6 Å². The van der Waals surface area contributed by atoms with Gasteiger partial charge in [0, 0.05) is 12.5 Å². The topological polar surface area (TPSA) is 35.2 Å². The normalized spacial score (nSPS) is 12.2. The summed E-state index contributed by atoms with van der Waals surface area (Å²) in [6.45, 7) is 1.91. The highest BCUT2D eigenvalue weighted by Crippen LogP contribution is 2.18. The largest absolute Gasteiger partial charge is 0.490 e. The van der Waals surface area contributed by atoms with Crippen LogP contribution in [0.1, 0.15) is 19.8 Å². The summed E-state index contributed by atoms with van der Waals surface area (Å²) >= 11 is 4.76.